The SMILES string of the molecule is O=C1c2c(CS(=O)[O-])ccc(N3CCC[C@H](O)C3)c2[C@@H](F)C1(F)F. The van der Waals surface area contributed by atoms with E-state index in [1.165, 1.54) is 12.1 Å². The summed E-state index contributed by atoms with van der Waals surface area (Å²) in [6.45, 7) is 0.578. The van der Waals surface area contributed by atoms with Crippen molar-refractivity contribution in [3.63, 3.8) is 0 Å². The Labute approximate surface area is 138 Å². The number of rotatable bonds is 3. The Morgan fingerprint density at radius 2 is 2.12 bits per heavy atom. The first kappa shape index (κ1) is 17.4. The highest BCUT2D eigenvalue weighted by Crippen LogP contribution is 2.50. The number of anilines is 1. The summed E-state index contributed by atoms with van der Waals surface area (Å²) in [6.07, 6.45) is -2.34. The zero-order valence-electron chi connectivity index (χ0n) is 12.5. The molecular formula is C15H15F3NO4S-. The Bertz CT molecular complexity index is 712. The minimum absolute atomic E-state index is 0.113. The van der Waals surface area contributed by atoms with E-state index in [-0.39, 0.29) is 17.8 Å². The van der Waals surface area contributed by atoms with Crippen LogP contribution in [0, 0.1) is 0 Å². The molecule has 3 rings (SSSR count). The number of carbonyl (C=O) groups excluding carboxylic acids is 1. The maximum atomic E-state index is 14.4. The lowest BCUT2D eigenvalue weighted by Crippen LogP contribution is -2.39. The lowest BCUT2D eigenvalue weighted by Gasteiger charge is -2.33. The number of aliphatic hydroxyl groups excluding tert-OH is 1. The number of benzene rings is 1. The number of Topliss-reactive ketones (excluding diaryl/α,β-unsaturated/α-hetero) is 1. The van der Waals surface area contributed by atoms with E-state index in [9.17, 15) is 31.8 Å². The molecule has 9 heteroatoms. The van der Waals surface area contributed by atoms with E-state index < -0.39 is 51.9 Å². The van der Waals surface area contributed by atoms with Crippen LogP contribution in [0.15, 0.2) is 12.1 Å². The zero-order chi connectivity index (χ0) is 17.6. The summed E-state index contributed by atoms with van der Waals surface area (Å²) in [5.74, 6) is -6.55. The van der Waals surface area contributed by atoms with Crippen molar-refractivity contribution >= 4 is 22.6 Å². The van der Waals surface area contributed by atoms with Gasteiger partial charge in [-0.05, 0) is 24.5 Å². The van der Waals surface area contributed by atoms with Crippen molar-refractivity contribution < 1.29 is 31.8 Å². The second-order valence-corrected chi connectivity index (χ2v) is 6.93. The normalized spacial score (nSPS) is 27.2. The van der Waals surface area contributed by atoms with E-state index in [1.807, 2.05) is 0 Å². The monoisotopic (exact) mass is 362 g/mol. The summed E-state index contributed by atoms with van der Waals surface area (Å²) < 4.78 is 64.0. The molecule has 1 fully saturated rings. The molecule has 1 unspecified atom stereocenters. The van der Waals surface area contributed by atoms with Crippen molar-refractivity contribution in [3.05, 3.63) is 28.8 Å². The van der Waals surface area contributed by atoms with Crippen LogP contribution in [-0.4, -0.2) is 44.8 Å². The van der Waals surface area contributed by atoms with E-state index in [0.717, 1.165) is 0 Å². The maximum Gasteiger partial charge on any atom is 0.344 e. The van der Waals surface area contributed by atoms with Crippen LogP contribution in [0.2, 0.25) is 0 Å². The molecule has 1 heterocycles. The highest BCUT2D eigenvalue weighted by atomic mass is 32.2. The van der Waals surface area contributed by atoms with Gasteiger partial charge in [0.1, 0.15) is 0 Å². The van der Waals surface area contributed by atoms with Gasteiger partial charge in [0.15, 0.2) is 6.17 Å². The number of halogens is 3. The molecule has 3 atom stereocenters. The molecular weight excluding hydrogens is 347 g/mol. The molecule has 0 aromatic heterocycles. The first-order valence-corrected chi connectivity index (χ1v) is 8.69. The fraction of sp³-hybridized carbons (Fsp3) is 0.533. The maximum absolute atomic E-state index is 14.4. The van der Waals surface area contributed by atoms with E-state index >= 15 is 0 Å². The fourth-order valence-corrected chi connectivity index (χ4v) is 3.83. The highest BCUT2D eigenvalue weighted by Gasteiger charge is 2.58. The van der Waals surface area contributed by atoms with Gasteiger partial charge in [-0.1, -0.05) is 17.1 Å². The molecule has 2 aliphatic rings. The molecule has 1 aliphatic heterocycles. The number of nitrogens with zero attached hydrogens (tertiary/aromatic N) is 1. The summed E-state index contributed by atoms with van der Waals surface area (Å²) in [7, 11) is 0. The van der Waals surface area contributed by atoms with Gasteiger partial charge in [-0.25, -0.2) is 4.39 Å². The number of piperidine rings is 1. The van der Waals surface area contributed by atoms with E-state index in [0.29, 0.717) is 19.4 Å². The van der Waals surface area contributed by atoms with Gasteiger partial charge in [-0.15, -0.1) is 0 Å². The summed E-state index contributed by atoms with van der Waals surface area (Å²) in [5, 5.41) is 9.75. The average molecular weight is 362 g/mol. The summed E-state index contributed by atoms with van der Waals surface area (Å²) >= 11 is -2.60. The molecule has 1 aliphatic carbocycles. The third kappa shape index (κ3) is 2.74. The van der Waals surface area contributed by atoms with Crippen molar-refractivity contribution in [1.29, 1.82) is 0 Å². The Morgan fingerprint density at radius 3 is 2.75 bits per heavy atom. The van der Waals surface area contributed by atoms with Crippen LogP contribution in [0.1, 0.15) is 40.5 Å². The van der Waals surface area contributed by atoms with Crippen LogP contribution in [0.5, 0.6) is 0 Å². The number of carbonyl (C=O) groups is 1. The van der Waals surface area contributed by atoms with Gasteiger partial charge < -0.3 is 14.6 Å². The van der Waals surface area contributed by atoms with Crippen LogP contribution >= 0.6 is 0 Å². The number of aliphatic hydroxyl groups is 1. The van der Waals surface area contributed by atoms with Crippen molar-refractivity contribution in [2.75, 3.05) is 18.0 Å². The van der Waals surface area contributed by atoms with Gasteiger partial charge >= 0.3 is 5.92 Å². The predicted octanol–water partition coefficient (Wildman–Crippen LogP) is 1.87. The molecule has 1 aromatic carbocycles. The molecule has 1 saturated heterocycles. The molecule has 24 heavy (non-hydrogen) atoms. The molecule has 5 nitrogen and oxygen atoms in total. The summed E-state index contributed by atoms with van der Waals surface area (Å²) in [4.78, 5) is 13.5. The summed E-state index contributed by atoms with van der Waals surface area (Å²) in [5.41, 5.74) is -1.04. The highest BCUT2D eigenvalue weighted by molar-refractivity contribution is 7.78. The molecule has 0 radical (unpaired) electrons. The van der Waals surface area contributed by atoms with Gasteiger partial charge in [0, 0.05) is 35.7 Å². The molecule has 132 valence electrons. The lowest BCUT2D eigenvalue weighted by molar-refractivity contribution is -0.0363. The number of alkyl halides is 3. The van der Waals surface area contributed by atoms with Crippen molar-refractivity contribution in [1.82, 2.24) is 0 Å². The minimum atomic E-state index is -4.22. The third-order valence-electron chi connectivity index (χ3n) is 4.42. The zero-order valence-corrected chi connectivity index (χ0v) is 13.3. The van der Waals surface area contributed by atoms with Crippen LogP contribution in [-0.2, 0) is 16.8 Å². The molecule has 0 spiro atoms. The first-order valence-electron chi connectivity index (χ1n) is 7.44. The van der Waals surface area contributed by atoms with Gasteiger partial charge in [0.2, 0.25) is 5.78 Å². The van der Waals surface area contributed by atoms with E-state index in [4.69, 9.17) is 0 Å². The Kier molecular flexibility index (Phi) is 4.43. The standard InChI is InChI=1S/C15H16F3NO4S/c16-13-12-10(19-5-1-2-9(20)6-19)4-3-8(7-24(22)23)11(12)14(21)15(13,17)18/h3-4,9,13,20H,1-2,5-7H2,(H,22,23)/p-1/t9-,13+/m0/s1. The van der Waals surface area contributed by atoms with Crippen molar-refractivity contribution in [2.45, 2.75) is 36.8 Å². The van der Waals surface area contributed by atoms with Crippen LogP contribution in [0.25, 0.3) is 0 Å². The number of hydrogen-bond acceptors (Lipinski definition) is 5. The summed E-state index contributed by atoms with van der Waals surface area (Å²) in [6, 6.07) is 2.61. The number of β-amino-alcohol motifs (C(OH)–C–C–N with tert-alkyl or cyclic N) is 1. The Hall–Kier alpha value is -1.45. The molecule has 0 amide bonds. The number of hydrogen-bond donors (Lipinski definition) is 1. The number of ketones is 1. The van der Waals surface area contributed by atoms with Gasteiger partial charge in [0.05, 0.1) is 6.10 Å². The van der Waals surface area contributed by atoms with Crippen LogP contribution < -0.4 is 4.90 Å². The van der Waals surface area contributed by atoms with Gasteiger partial charge in [-0.2, -0.15) is 8.78 Å². The lowest BCUT2D eigenvalue weighted by atomic mass is 9.99. The molecule has 1 N–H and O–H groups in total. The van der Waals surface area contributed by atoms with Crippen LogP contribution in [0.4, 0.5) is 18.9 Å². The van der Waals surface area contributed by atoms with Gasteiger partial charge in [-0.3, -0.25) is 9.00 Å². The Morgan fingerprint density at radius 1 is 1.42 bits per heavy atom. The number of fused-ring (bicyclic) bond motifs is 1. The van der Waals surface area contributed by atoms with E-state index in [2.05, 4.69) is 0 Å². The largest absolute Gasteiger partial charge is 0.772 e. The van der Waals surface area contributed by atoms with Crippen molar-refractivity contribution in [3.8, 4) is 0 Å². The Balaban J connectivity index is 2.14. The van der Waals surface area contributed by atoms with Crippen LogP contribution in [0.3, 0.4) is 0 Å². The van der Waals surface area contributed by atoms with E-state index in [1.54, 1.807) is 4.90 Å². The second-order valence-electron chi connectivity index (χ2n) is 6.04. The molecule has 0 bridgehead atoms. The topological polar surface area (TPSA) is 80.7 Å². The van der Waals surface area contributed by atoms with Crippen molar-refractivity contribution in [2.24, 2.45) is 0 Å². The second kappa shape index (κ2) is 6.12. The van der Waals surface area contributed by atoms with Gasteiger partial charge in [0.25, 0.3) is 0 Å². The predicted molar refractivity (Wildman–Crippen MR) is 79.6 cm³/mol. The first-order chi connectivity index (χ1) is 11.2. The third-order valence-corrected chi connectivity index (χ3v) is 4.97. The molecule has 1 aromatic rings. The quantitative estimate of drug-likeness (QED) is 0.831. The minimum Gasteiger partial charge on any atom is -0.772 e. The fourth-order valence-electron chi connectivity index (χ4n) is 3.34. The average Bonchev–Trinajstić information content (AvgIpc) is 2.69. The smallest absolute Gasteiger partial charge is 0.344 e. The molecule has 0 saturated carbocycles.